The Bertz CT molecular complexity index is 1450. The molecule has 152 valence electrons. The molecule has 31 heavy (non-hydrogen) atoms. The number of amides is 1. The molecule has 1 aliphatic heterocycles. The zero-order valence-corrected chi connectivity index (χ0v) is 15.9. The van der Waals surface area contributed by atoms with Gasteiger partial charge in [-0.25, -0.2) is 13.2 Å². The average molecular weight is 417 g/mol. The number of aromatic nitrogens is 2. The minimum Gasteiger partial charge on any atom is -0.361 e. The van der Waals surface area contributed by atoms with Crippen molar-refractivity contribution >= 4 is 33.4 Å². The fraction of sp³-hybridized carbons (Fsp3) is 0.0417. The summed E-state index contributed by atoms with van der Waals surface area (Å²) >= 11 is 0. The molecular weight excluding hydrogens is 403 g/mol. The minimum atomic E-state index is -1.35. The number of halogens is 3. The molecule has 5 aromatic rings. The molecule has 0 aliphatic carbocycles. The largest absolute Gasteiger partial charge is 0.361 e. The van der Waals surface area contributed by atoms with E-state index in [-0.39, 0.29) is 5.91 Å². The van der Waals surface area contributed by atoms with Gasteiger partial charge in [-0.15, -0.1) is 0 Å². The van der Waals surface area contributed by atoms with E-state index in [1.807, 2.05) is 0 Å². The average Bonchev–Trinajstić information content (AvgIpc) is 3.41. The SMILES string of the molecule is O=C1Nc2cc(F)ccc2C1(c1c[nH]c2cc(F)ccc12)c1c[nH]c2cc(F)ccc12. The summed E-state index contributed by atoms with van der Waals surface area (Å²) < 4.78 is 41.6. The topological polar surface area (TPSA) is 60.7 Å². The van der Waals surface area contributed by atoms with Crippen molar-refractivity contribution in [3.8, 4) is 0 Å². The first-order chi connectivity index (χ1) is 15.0. The number of aromatic amines is 2. The standard InChI is InChI=1S/C24H14F3N3O/c25-12-1-4-15-18(10-28-20(15)7-12)24(17-6-3-14(27)9-22(17)30-23(24)31)19-11-29-21-8-13(26)2-5-16(19)21/h1-11,28-29H,(H,30,31). The van der Waals surface area contributed by atoms with Crippen LogP contribution in [0.15, 0.2) is 67.0 Å². The number of rotatable bonds is 2. The lowest BCUT2D eigenvalue weighted by Gasteiger charge is -2.27. The fourth-order valence-corrected chi connectivity index (χ4v) is 4.78. The third kappa shape index (κ3) is 2.28. The highest BCUT2D eigenvalue weighted by Crippen LogP contribution is 2.51. The summed E-state index contributed by atoms with van der Waals surface area (Å²) in [6.07, 6.45) is 3.34. The highest BCUT2D eigenvalue weighted by atomic mass is 19.1. The van der Waals surface area contributed by atoms with Gasteiger partial charge in [-0.2, -0.15) is 0 Å². The summed E-state index contributed by atoms with van der Waals surface area (Å²) in [5, 5.41) is 4.12. The van der Waals surface area contributed by atoms with Crippen molar-refractivity contribution in [3.63, 3.8) is 0 Å². The number of anilines is 1. The summed E-state index contributed by atoms with van der Waals surface area (Å²) in [4.78, 5) is 19.8. The lowest BCUT2D eigenvalue weighted by molar-refractivity contribution is -0.118. The van der Waals surface area contributed by atoms with Crippen LogP contribution in [0.2, 0.25) is 0 Å². The van der Waals surface area contributed by atoms with Crippen molar-refractivity contribution in [2.75, 3.05) is 5.32 Å². The van der Waals surface area contributed by atoms with Crippen LogP contribution in [0, 0.1) is 17.5 Å². The lowest BCUT2D eigenvalue weighted by Crippen LogP contribution is -2.36. The number of carbonyl (C=O) groups is 1. The first kappa shape index (κ1) is 17.8. The van der Waals surface area contributed by atoms with E-state index in [1.165, 1.54) is 36.4 Å². The van der Waals surface area contributed by atoms with Gasteiger partial charge in [0.25, 0.3) is 0 Å². The predicted octanol–water partition coefficient (Wildman–Crippen LogP) is 5.35. The van der Waals surface area contributed by atoms with Gasteiger partial charge in [0.2, 0.25) is 5.91 Å². The van der Waals surface area contributed by atoms with E-state index in [1.54, 1.807) is 30.6 Å². The Kier molecular flexibility index (Phi) is 3.46. The van der Waals surface area contributed by atoms with Crippen molar-refractivity contribution in [1.82, 2.24) is 9.97 Å². The molecule has 0 bridgehead atoms. The van der Waals surface area contributed by atoms with Gasteiger partial charge < -0.3 is 15.3 Å². The smallest absolute Gasteiger partial charge is 0.244 e. The van der Waals surface area contributed by atoms with E-state index in [4.69, 9.17) is 0 Å². The molecular formula is C24H14F3N3O. The lowest BCUT2D eigenvalue weighted by atomic mass is 9.70. The predicted molar refractivity (Wildman–Crippen MR) is 111 cm³/mol. The van der Waals surface area contributed by atoms with E-state index in [2.05, 4.69) is 15.3 Å². The molecule has 0 radical (unpaired) electrons. The fourth-order valence-electron chi connectivity index (χ4n) is 4.78. The molecule has 3 aromatic carbocycles. The second-order valence-electron chi connectivity index (χ2n) is 7.68. The van der Waals surface area contributed by atoms with E-state index in [0.717, 1.165) is 0 Å². The summed E-state index contributed by atoms with van der Waals surface area (Å²) in [6.45, 7) is 0. The van der Waals surface area contributed by atoms with Crippen LogP contribution in [0.5, 0.6) is 0 Å². The molecule has 6 rings (SSSR count). The Labute approximate surface area is 173 Å². The van der Waals surface area contributed by atoms with E-state index >= 15 is 0 Å². The molecule has 0 atom stereocenters. The Morgan fingerprint density at radius 3 is 1.74 bits per heavy atom. The second-order valence-corrected chi connectivity index (χ2v) is 7.68. The number of fused-ring (bicyclic) bond motifs is 3. The Morgan fingerprint density at radius 2 is 1.16 bits per heavy atom. The molecule has 0 saturated carbocycles. The third-order valence-electron chi connectivity index (χ3n) is 6.07. The number of hydrogen-bond donors (Lipinski definition) is 3. The van der Waals surface area contributed by atoms with E-state index in [9.17, 15) is 18.0 Å². The van der Waals surface area contributed by atoms with E-state index in [0.29, 0.717) is 44.2 Å². The first-order valence-corrected chi connectivity index (χ1v) is 9.64. The summed E-state index contributed by atoms with van der Waals surface area (Å²) in [5.41, 5.74) is 1.82. The molecule has 2 aromatic heterocycles. The number of benzene rings is 3. The maximum absolute atomic E-state index is 14.0. The number of H-pyrrole nitrogens is 2. The normalized spacial score (nSPS) is 14.9. The van der Waals surface area contributed by atoms with Crippen molar-refractivity contribution in [2.45, 2.75) is 5.41 Å². The highest BCUT2D eigenvalue weighted by molar-refractivity contribution is 6.15. The Morgan fingerprint density at radius 1 is 0.645 bits per heavy atom. The first-order valence-electron chi connectivity index (χ1n) is 9.64. The maximum Gasteiger partial charge on any atom is 0.244 e. The maximum atomic E-state index is 14.0. The van der Waals surface area contributed by atoms with Crippen LogP contribution in [-0.4, -0.2) is 15.9 Å². The number of carbonyl (C=O) groups excluding carboxylic acids is 1. The van der Waals surface area contributed by atoms with Crippen LogP contribution in [0.1, 0.15) is 16.7 Å². The van der Waals surface area contributed by atoms with Gasteiger partial charge in [0, 0.05) is 56.6 Å². The van der Waals surface area contributed by atoms with Gasteiger partial charge in [-0.3, -0.25) is 4.79 Å². The van der Waals surface area contributed by atoms with Crippen LogP contribution in [0.3, 0.4) is 0 Å². The van der Waals surface area contributed by atoms with Crippen LogP contribution >= 0.6 is 0 Å². The molecule has 0 saturated heterocycles. The molecule has 0 fully saturated rings. The molecule has 1 aliphatic rings. The zero-order valence-electron chi connectivity index (χ0n) is 15.9. The third-order valence-corrected chi connectivity index (χ3v) is 6.07. The van der Waals surface area contributed by atoms with E-state index < -0.39 is 22.9 Å². The molecule has 1 amide bonds. The van der Waals surface area contributed by atoms with Crippen LogP contribution in [0.25, 0.3) is 21.8 Å². The summed E-state index contributed by atoms with van der Waals surface area (Å²) in [5.74, 6) is -1.66. The van der Waals surface area contributed by atoms with Crippen LogP contribution < -0.4 is 5.32 Å². The number of hydrogen-bond acceptors (Lipinski definition) is 1. The van der Waals surface area contributed by atoms with Gasteiger partial charge in [0.15, 0.2) is 0 Å². The Balaban J connectivity index is 1.77. The van der Waals surface area contributed by atoms with Gasteiger partial charge in [0.05, 0.1) is 0 Å². The number of nitrogens with one attached hydrogen (secondary N) is 3. The minimum absolute atomic E-state index is 0.359. The van der Waals surface area contributed by atoms with Crippen molar-refractivity contribution in [3.05, 3.63) is 101 Å². The van der Waals surface area contributed by atoms with Gasteiger partial charge in [-0.1, -0.05) is 6.07 Å². The van der Waals surface area contributed by atoms with Crippen molar-refractivity contribution < 1.29 is 18.0 Å². The molecule has 0 spiro atoms. The van der Waals surface area contributed by atoms with Gasteiger partial charge >= 0.3 is 0 Å². The summed E-state index contributed by atoms with van der Waals surface area (Å²) in [7, 11) is 0. The second kappa shape index (κ2) is 6.01. The summed E-state index contributed by atoms with van der Waals surface area (Å²) in [6, 6.07) is 12.8. The van der Waals surface area contributed by atoms with Crippen molar-refractivity contribution in [1.29, 1.82) is 0 Å². The van der Waals surface area contributed by atoms with Crippen LogP contribution in [0.4, 0.5) is 18.9 Å². The molecule has 7 heteroatoms. The van der Waals surface area contributed by atoms with Crippen molar-refractivity contribution in [2.24, 2.45) is 0 Å². The molecule has 3 heterocycles. The van der Waals surface area contributed by atoms with Crippen LogP contribution in [-0.2, 0) is 10.2 Å². The zero-order chi connectivity index (χ0) is 21.3. The van der Waals surface area contributed by atoms with Gasteiger partial charge in [-0.05, 0) is 48.5 Å². The molecule has 3 N–H and O–H groups in total. The molecule has 0 unspecified atom stereocenters. The Hall–Kier alpha value is -4.00. The van der Waals surface area contributed by atoms with Gasteiger partial charge in [0.1, 0.15) is 22.9 Å². The molecule has 4 nitrogen and oxygen atoms in total. The quantitative estimate of drug-likeness (QED) is 0.356. The monoisotopic (exact) mass is 417 g/mol. The highest BCUT2D eigenvalue weighted by Gasteiger charge is 2.52.